The summed E-state index contributed by atoms with van der Waals surface area (Å²) in [7, 11) is -3.91. The largest absolute Gasteiger partial charge is 0.480 e. The Labute approximate surface area is 210 Å². The molecule has 3 amide bonds. The lowest BCUT2D eigenvalue weighted by molar-refractivity contribution is -0.142. The van der Waals surface area contributed by atoms with Crippen LogP contribution in [-0.4, -0.2) is 80.0 Å². The van der Waals surface area contributed by atoms with E-state index in [1.807, 2.05) is 0 Å². The molecule has 1 heterocycles. The third-order valence-electron chi connectivity index (χ3n) is 5.60. The van der Waals surface area contributed by atoms with Gasteiger partial charge in [0.1, 0.15) is 12.1 Å². The maximum atomic E-state index is 13.0. The number of carbonyl (C=O) groups excluding carboxylic acids is 2. The SMILES string of the molecule is NC(N)=NCCCCCCNC(=O)NCC(NC(=O)[C@@H]1CCCN1S(=O)(=O)c1ccccc1)C(=O)O. The Bertz CT molecular complexity index is 1010. The number of rotatable bonds is 14. The van der Waals surface area contributed by atoms with Gasteiger partial charge in [0.15, 0.2) is 5.96 Å². The Morgan fingerprint density at radius 2 is 1.78 bits per heavy atom. The Morgan fingerprint density at radius 3 is 2.44 bits per heavy atom. The lowest BCUT2D eigenvalue weighted by Crippen LogP contribution is -2.54. The lowest BCUT2D eigenvalue weighted by Gasteiger charge is -2.25. The number of carboxylic acid groups (broad SMARTS) is 1. The maximum absolute atomic E-state index is 13.0. The zero-order valence-corrected chi connectivity index (χ0v) is 20.9. The van der Waals surface area contributed by atoms with Gasteiger partial charge in [0.25, 0.3) is 0 Å². The fourth-order valence-corrected chi connectivity index (χ4v) is 5.42. The van der Waals surface area contributed by atoms with Crippen molar-refractivity contribution in [2.45, 2.75) is 55.5 Å². The molecule has 1 aliphatic rings. The molecule has 1 aromatic rings. The van der Waals surface area contributed by atoms with E-state index in [4.69, 9.17) is 11.5 Å². The predicted molar refractivity (Wildman–Crippen MR) is 133 cm³/mol. The number of sulfonamides is 1. The summed E-state index contributed by atoms with van der Waals surface area (Å²) in [5.41, 5.74) is 10.5. The number of aliphatic carboxylic acids is 1. The third-order valence-corrected chi connectivity index (χ3v) is 7.52. The van der Waals surface area contributed by atoms with Gasteiger partial charge in [-0.1, -0.05) is 31.0 Å². The van der Waals surface area contributed by atoms with E-state index in [0.29, 0.717) is 19.5 Å². The second-order valence-electron chi connectivity index (χ2n) is 8.34. The Kier molecular flexibility index (Phi) is 11.4. The zero-order chi connectivity index (χ0) is 26.6. The number of nitrogens with two attached hydrogens (primary N) is 2. The van der Waals surface area contributed by atoms with Crippen LogP contribution in [0.15, 0.2) is 40.2 Å². The first-order valence-corrected chi connectivity index (χ1v) is 13.2. The molecule has 0 spiro atoms. The van der Waals surface area contributed by atoms with Gasteiger partial charge in [0.2, 0.25) is 15.9 Å². The number of aliphatic imine (C=N–C) groups is 1. The number of unbranched alkanes of at least 4 members (excludes halogenated alkanes) is 3. The highest BCUT2D eigenvalue weighted by Crippen LogP contribution is 2.26. The summed E-state index contributed by atoms with van der Waals surface area (Å²) in [4.78, 5) is 40.4. The summed E-state index contributed by atoms with van der Waals surface area (Å²) < 4.78 is 27.0. The van der Waals surface area contributed by atoms with Crippen molar-refractivity contribution in [1.29, 1.82) is 0 Å². The molecule has 8 N–H and O–H groups in total. The minimum Gasteiger partial charge on any atom is -0.480 e. The van der Waals surface area contributed by atoms with Crippen LogP contribution in [0.4, 0.5) is 4.79 Å². The van der Waals surface area contributed by atoms with Gasteiger partial charge in [-0.2, -0.15) is 4.31 Å². The second kappa shape index (κ2) is 14.2. The number of amides is 3. The number of benzene rings is 1. The summed E-state index contributed by atoms with van der Waals surface area (Å²) in [6.07, 6.45) is 4.04. The minimum absolute atomic E-state index is 0.0574. The van der Waals surface area contributed by atoms with E-state index < -0.39 is 40.0 Å². The average molecular weight is 526 g/mol. The topological polar surface area (TPSA) is 209 Å². The second-order valence-corrected chi connectivity index (χ2v) is 10.2. The minimum atomic E-state index is -3.91. The fraction of sp³-hybridized carbons (Fsp3) is 0.545. The van der Waals surface area contributed by atoms with Crippen LogP contribution in [0.1, 0.15) is 38.5 Å². The molecule has 200 valence electrons. The van der Waals surface area contributed by atoms with Gasteiger partial charge in [-0.25, -0.2) is 18.0 Å². The summed E-state index contributed by atoms with van der Waals surface area (Å²) in [6, 6.07) is 4.74. The highest BCUT2D eigenvalue weighted by atomic mass is 32.2. The number of nitrogens with zero attached hydrogens (tertiary/aromatic N) is 2. The predicted octanol–water partition coefficient (Wildman–Crippen LogP) is -0.458. The number of hydrogen-bond donors (Lipinski definition) is 6. The molecule has 36 heavy (non-hydrogen) atoms. The van der Waals surface area contributed by atoms with E-state index >= 15 is 0 Å². The third kappa shape index (κ3) is 9.00. The summed E-state index contributed by atoms with van der Waals surface area (Å²) in [6.45, 7) is 0.744. The molecule has 1 aromatic carbocycles. The van der Waals surface area contributed by atoms with Crippen molar-refractivity contribution in [2.75, 3.05) is 26.2 Å². The highest BCUT2D eigenvalue weighted by Gasteiger charge is 2.40. The van der Waals surface area contributed by atoms with Crippen LogP contribution in [-0.2, 0) is 19.6 Å². The first-order chi connectivity index (χ1) is 17.1. The van der Waals surface area contributed by atoms with E-state index in [0.717, 1.165) is 30.0 Å². The normalized spacial score (nSPS) is 16.6. The molecule has 0 aromatic heterocycles. The van der Waals surface area contributed by atoms with Gasteiger partial charge < -0.3 is 32.5 Å². The van der Waals surface area contributed by atoms with E-state index in [9.17, 15) is 27.9 Å². The van der Waals surface area contributed by atoms with E-state index in [-0.39, 0.29) is 30.4 Å². The number of hydrogen-bond acceptors (Lipinski definition) is 6. The monoisotopic (exact) mass is 525 g/mol. The molecule has 13 nitrogen and oxygen atoms in total. The molecule has 0 bridgehead atoms. The van der Waals surface area contributed by atoms with E-state index in [1.165, 1.54) is 12.1 Å². The van der Waals surface area contributed by atoms with Crippen molar-refractivity contribution in [1.82, 2.24) is 20.3 Å². The van der Waals surface area contributed by atoms with Crippen molar-refractivity contribution >= 4 is 33.9 Å². The Balaban J connectivity index is 1.79. The van der Waals surface area contributed by atoms with Crippen LogP contribution in [0.5, 0.6) is 0 Å². The molecule has 0 aliphatic carbocycles. The quantitative estimate of drug-likeness (QED) is 0.106. The molecule has 0 saturated carbocycles. The van der Waals surface area contributed by atoms with Crippen LogP contribution in [0.3, 0.4) is 0 Å². The molecule has 1 unspecified atom stereocenters. The number of carboxylic acids is 1. The fourth-order valence-electron chi connectivity index (χ4n) is 3.74. The first-order valence-electron chi connectivity index (χ1n) is 11.8. The molecule has 1 aliphatic heterocycles. The number of urea groups is 1. The van der Waals surface area contributed by atoms with Gasteiger partial charge in [-0.05, 0) is 37.8 Å². The van der Waals surface area contributed by atoms with Gasteiger partial charge in [0, 0.05) is 19.6 Å². The van der Waals surface area contributed by atoms with Crippen molar-refractivity contribution in [3.63, 3.8) is 0 Å². The summed E-state index contributed by atoms with van der Waals surface area (Å²) >= 11 is 0. The summed E-state index contributed by atoms with van der Waals surface area (Å²) in [5.74, 6) is -2.01. The Morgan fingerprint density at radius 1 is 1.08 bits per heavy atom. The van der Waals surface area contributed by atoms with E-state index in [2.05, 4.69) is 20.9 Å². The maximum Gasteiger partial charge on any atom is 0.328 e. The zero-order valence-electron chi connectivity index (χ0n) is 20.1. The number of guanidine groups is 1. The van der Waals surface area contributed by atoms with Crippen molar-refractivity contribution in [3.8, 4) is 0 Å². The number of nitrogens with one attached hydrogen (secondary N) is 3. The van der Waals surface area contributed by atoms with Gasteiger partial charge in [-0.15, -0.1) is 0 Å². The van der Waals surface area contributed by atoms with Gasteiger partial charge in [-0.3, -0.25) is 9.79 Å². The average Bonchev–Trinajstić information content (AvgIpc) is 3.34. The van der Waals surface area contributed by atoms with Crippen molar-refractivity contribution in [2.24, 2.45) is 16.5 Å². The molecular formula is C22H35N7O6S. The van der Waals surface area contributed by atoms with E-state index in [1.54, 1.807) is 18.2 Å². The molecule has 2 rings (SSSR count). The molecule has 1 saturated heterocycles. The summed E-state index contributed by atoms with van der Waals surface area (Å²) in [5, 5.41) is 16.9. The first kappa shape index (κ1) is 28.8. The molecule has 2 atom stereocenters. The van der Waals surface area contributed by atoms with Crippen LogP contribution in [0.2, 0.25) is 0 Å². The lowest BCUT2D eigenvalue weighted by atomic mass is 10.2. The highest BCUT2D eigenvalue weighted by molar-refractivity contribution is 7.89. The smallest absolute Gasteiger partial charge is 0.328 e. The van der Waals surface area contributed by atoms with Crippen molar-refractivity contribution in [3.05, 3.63) is 30.3 Å². The molecular weight excluding hydrogens is 490 g/mol. The standard InChI is InChI=1S/C22H35N7O6S/c23-21(24)25-12-6-1-2-7-13-26-22(33)27-15-17(20(31)32)28-19(30)18-11-8-14-29(18)36(34,35)16-9-4-3-5-10-16/h3-5,9-10,17-18H,1-2,6-8,11-15H2,(H,28,30)(H,31,32)(H4,23,24,25)(H2,26,27,33)/t17?,18-/m0/s1. The van der Waals surface area contributed by atoms with Gasteiger partial charge in [0.05, 0.1) is 11.4 Å². The molecule has 1 fully saturated rings. The molecule has 0 radical (unpaired) electrons. The Hall–Kier alpha value is -3.39. The van der Waals surface area contributed by atoms with Crippen LogP contribution in [0, 0.1) is 0 Å². The molecule has 14 heteroatoms. The van der Waals surface area contributed by atoms with Crippen LogP contribution >= 0.6 is 0 Å². The van der Waals surface area contributed by atoms with Crippen LogP contribution in [0.25, 0.3) is 0 Å². The van der Waals surface area contributed by atoms with Crippen LogP contribution < -0.4 is 27.4 Å². The van der Waals surface area contributed by atoms with Gasteiger partial charge >= 0.3 is 12.0 Å². The number of carbonyl (C=O) groups is 3. The van der Waals surface area contributed by atoms with Crippen molar-refractivity contribution < 1.29 is 27.9 Å².